The van der Waals surface area contributed by atoms with Gasteiger partial charge in [0.05, 0.1) is 23.2 Å². The van der Waals surface area contributed by atoms with Crippen LogP contribution in [0.5, 0.6) is 0 Å². The van der Waals surface area contributed by atoms with E-state index in [0.717, 1.165) is 10.6 Å². The molecule has 140 valence electrons. The Hall–Kier alpha value is -2.93. The number of carbonyl (C=O) groups is 2. The highest BCUT2D eigenvalue weighted by Gasteiger charge is 2.19. The minimum absolute atomic E-state index is 0.168. The SMILES string of the molecule is COC(=O)CCCCNC(=O)c1cn(-c2ccccc2)nc1-c1cccs1. The first kappa shape index (κ1) is 18.8. The van der Waals surface area contributed by atoms with E-state index in [-0.39, 0.29) is 11.9 Å². The number of rotatable bonds is 8. The lowest BCUT2D eigenvalue weighted by Gasteiger charge is -2.04. The second kappa shape index (κ2) is 9.14. The highest BCUT2D eigenvalue weighted by molar-refractivity contribution is 7.13. The number of ether oxygens (including phenoxy) is 1. The number of nitrogens with one attached hydrogen (secondary N) is 1. The molecule has 0 saturated heterocycles. The van der Waals surface area contributed by atoms with Gasteiger partial charge >= 0.3 is 5.97 Å². The number of benzene rings is 1. The first-order valence-electron chi connectivity index (χ1n) is 8.73. The quantitative estimate of drug-likeness (QED) is 0.476. The van der Waals surface area contributed by atoms with Crippen molar-refractivity contribution in [2.75, 3.05) is 13.7 Å². The molecule has 0 aliphatic heterocycles. The average molecular weight is 383 g/mol. The van der Waals surface area contributed by atoms with Gasteiger partial charge in [0.2, 0.25) is 0 Å². The molecule has 3 aromatic rings. The highest BCUT2D eigenvalue weighted by Crippen LogP contribution is 2.27. The fourth-order valence-electron chi connectivity index (χ4n) is 2.64. The van der Waals surface area contributed by atoms with Crippen LogP contribution in [0.1, 0.15) is 29.6 Å². The fourth-order valence-corrected chi connectivity index (χ4v) is 3.37. The lowest BCUT2D eigenvalue weighted by atomic mass is 10.2. The van der Waals surface area contributed by atoms with E-state index >= 15 is 0 Å². The second-order valence-electron chi connectivity index (χ2n) is 5.94. The molecule has 0 aliphatic rings. The van der Waals surface area contributed by atoms with E-state index in [2.05, 4.69) is 15.2 Å². The van der Waals surface area contributed by atoms with Crippen molar-refractivity contribution in [3.05, 3.63) is 59.6 Å². The molecule has 0 fully saturated rings. The number of methoxy groups -OCH3 is 1. The summed E-state index contributed by atoms with van der Waals surface area (Å²) in [5.41, 5.74) is 2.10. The number of unbranched alkanes of at least 4 members (excludes halogenated alkanes) is 1. The summed E-state index contributed by atoms with van der Waals surface area (Å²) in [6.07, 6.45) is 3.50. The van der Waals surface area contributed by atoms with Gasteiger partial charge in [-0.05, 0) is 36.4 Å². The minimum atomic E-state index is -0.231. The molecule has 1 N–H and O–H groups in total. The molecule has 0 spiro atoms. The predicted octanol–water partition coefficient (Wildman–Crippen LogP) is 3.67. The molecule has 0 aliphatic carbocycles. The third kappa shape index (κ3) is 4.83. The molecule has 6 nitrogen and oxygen atoms in total. The molecule has 27 heavy (non-hydrogen) atoms. The van der Waals surface area contributed by atoms with Gasteiger partial charge in [-0.25, -0.2) is 4.68 Å². The maximum atomic E-state index is 12.7. The van der Waals surface area contributed by atoms with Crippen LogP contribution >= 0.6 is 11.3 Å². The van der Waals surface area contributed by atoms with Crippen LogP contribution < -0.4 is 5.32 Å². The lowest BCUT2D eigenvalue weighted by Crippen LogP contribution is -2.24. The van der Waals surface area contributed by atoms with Crippen LogP contribution in [-0.2, 0) is 9.53 Å². The Morgan fingerprint density at radius 2 is 1.96 bits per heavy atom. The molecule has 2 heterocycles. The van der Waals surface area contributed by atoms with Crippen molar-refractivity contribution in [2.45, 2.75) is 19.3 Å². The Morgan fingerprint density at radius 3 is 2.67 bits per heavy atom. The maximum absolute atomic E-state index is 12.7. The number of thiophene rings is 1. The van der Waals surface area contributed by atoms with Crippen LogP contribution in [0.15, 0.2) is 54.0 Å². The minimum Gasteiger partial charge on any atom is -0.469 e. The van der Waals surface area contributed by atoms with E-state index in [4.69, 9.17) is 0 Å². The molecule has 0 atom stereocenters. The van der Waals surface area contributed by atoms with E-state index in [1.54, 1.807) is 22.2 Å². The van der Waals surface area contributed by atoms with Crippen molar-refractivity contribution in [1.82, 2.24) is 15.1 Å². The third-order valence-corrected chi connectivity index (χ3v) is 4.93. The topological polar surface area (TPSA) is 73.2 Å². The molecule has 1 amide bonds. The smallest absolute Gasteiger partial charge is 0.305 e. The summed E-state index contributed by atoms with van der Waals surface area (Å²) >= 11 is 1.55. The number of hydrogen-bond donors (Lipinski definition) is 1. The van der Waals surface area contributed by atoms with Crippen molar-refractivity contribution in [3.63, 3.8) is 0 Å². The van der Waals surface area contributed by atoms with Crippen LogP contribution in [0.2, 0.25) is 0 Å². The standard InChI is InChI=1S/C20H21N3O3S/c1-26-18(24)11-5-6-12-21-20(25)16-14-23(15-8-3-2-4-9-15)22-19(16)17-10-7-13-27-17/h2-4,7-10,13-14H,5-6,11-12H2,1H3,(H,21,25). The van der Waals surface area contributed by atoms with Gasteiger partial charge in [-0.15, -0.1) is 11.3 Å². The van der Waals surface area contributed by atoms with E-state index in [9.17, 15) is 9.59 Å². The highest BCUT2D eigenvalue weighted by atomic mass is 32.1. The van der Waals surface area contributed by atoms with E-state index in [1.165, 1.54) is 7.11 Å². The number of amides is 1. The number of carbonyl (C=O) groups excluding carboxylic acids is 2. The van der Waals surface area contributed by atoms with Gasteiger partial charge < -0.3 is 10.1 Å². The van der Waals surface area contributed by atoms with Crippen molar-refractivity contribution < 1.29 is 14.3 Å². The zero-order chi connectivity index (χ0) is 19.1. The van der Waals surface area contributed by atoms with Crippen molar-refractivity contribution in [3.8, 4) is 16.3 Å². The molecule has 7 heteroatoms. The number of nitrogens with zero attached hydrogens (tertiary/aromatic N) is 2. The number of hydrogen-bond acceptors (Lipinski definition) is 5. The molecular formula is C20H21N3O3S. The second-order valence-corrected chi connectivity index (χ2v) is 6.89. The van der Waals surface area contributed by atoms with Crippen LogP contribution in [0.3, 0.4) is 0 Å². The van der Waals surface area contributed by atoms with Gasteiger partial charge in [-0.1, -0.05) is 24.3 Å². The summed E-state index contributed by atoms with van der Waals surface area (Å²) in [5.74, 6) is -0.399. The Labute approximate surface area is 161 Å². The predicted molar refractivity (Wildman–Crippen MR) is 105 cm³/mol. The molecule has 0 unspecified atom stereocenters. The maximum Gasteiger partial charge on any atom is 0.305 e. The summed E-state index contributed by atoms with van der Waals surface area (Å²) in [6, 6.07) is 13.6. The Bertz CT molecular complexity index is 889. The monoisotopic (exact) mass is 383 g/mol. The summed E-state index contributed by atoms with van der Waals surface area (Å²) in [7, 11) is 1.38. The molecule has 3 rings (SSSR count). The summed E-state index contributed by atoms with van der Waals surface area (Å²) in [5, 5.41) is 9.51. The van der Waals surface area contributed by atoms with Gasteiger partial charge in [-0.3, -0.25) is 9.59 Å². The summed E-state index contributed by atoms with van der Waals surface area (Å²) < 4.78 is 6.34. The van der Waals surface area contributed by atoms with Gasteiger partial charge in [0.1, 0.15) is 5.69 Å². The van der Waals surface area contributed by atoms with Crippen molar-refractivity contribution in [1.29, 1.82) is 0 Å². The largest absolute Gasteiger partial charge is 0.469 e. The average Bonchev–Trinajstić information content (AvgIpc) is 3.37. The van der Waals surface area contributed by atoms with Gasteiger partial charge in [0.15, 0.2) is 0 Å². The first-order valence-corrected chi connectivity index (χ1v) is 9.61. The number of esters is 1. The van der Waals surface area contributed by atoms with E-state index < -0.39 is 0 Å². The number of para-hydroxylation sites is 1. The van der Waals surface area contributed by atoms with Crippen LogP contribution in [0.25, 0.3) is 16.3 Å². The first-order chi connectivity index (χ1) is 13.2. The summed E-state index contributed by atoms with van der Waals surface area (Å²) in [6.45, 7) is 0.496. The Morgan fingerprint density at radius 1 is 1.15 bits per heavy atom. The number of aromatic nitrogens is 2. The van der Waals surface area contributed by atoms with Gasteiger partial charge in [0.25, 0.3) is 5.91 Å². The Balaban J connectivity index is 1.72. The van der Waals surface area contributed by atoms with E-state index in [0.29, 0.717) is 37.1 Å². The zero-order valence-electron chi connectivity index (χ0n) is 15.1. The zero-order valence-corrected chi connectivity index (χ0v) is 15.9. The normalized spacial score (nSPS) is 10.6. The fraction of sp³-hybridized carbons (Fsp3) is 0.250. The van der Waals surface area contributed by atoms with Crippen LogP contribution in [0, 0.1) is 0 Å². The summed E-state index contributed by atoms with van der Waals surface area (Å²) in [4.78, 5) is 24.8. The molecule has 0 radical (unpaired) electrons. The molecule has 0 saturated carbocycles. The lowest BCUT2D eigenvalue weighted by molar-refractivity contribution is -0.140. The Kier molecular flexibility index (Phi) is 6.38. The third-order valence-electron chi connectivity index (χ3n) is 4.06. The molecule has 0 bridgehead atoms. The van der Waals surface area contributed by atoms with Crippen molar-refractivity contribution in [2.24, 2.45) is 0 Å². The van der Waals surface area contributed by atoms with Crippen LogP contribution in [0.4, 0.5) is 0 Å². The van der Waals surface area contributed by atoms with E-state index in [1.807, 2.05) is 47.8 Å². The molecular weight excluding hydrogens is 362 g/mol. The van der Waals surface area contributed by atoms with Crippen LogP contribution in [-0.4, -0.2) is 35.3 Å². The molecule has 2 aromatic heterocycles. The molecule has 1 aromatic carbocycles. The van der Waals surface area contributed by atoms with Crippen molar-refractivity contribution >= 4 is 23.2 Å². The van der Waals surface area contributed by atoms with Gasteiger partial charge in [-0.2, -0.15) is 5.10 Å². The van der Waals surface area contributed by atoms with Gasteiger partial charge in [0, 0.05) is 19.2 Å².